The van der Waals surface area contributed by atoms with Crippen LogP contribution in [0.5, 0.6) is 5.75 Å². The molecule has 0 aliphatic heterocycles. The summed E-state index contributed by atoms with van der Waals surface area (Å²) in [5.41, 5.74) is 16.1. The number of nitrogens with two attached hydrogens (primary N) is 2. The van der Waals surface area contributed by atoms with Crippen LogP contribution in [-0.2, 0) is 6.42 Å². The van der Waals surface area contributed by atoms with Crippen LogP contribution in [0.2, 0.25) is 0 Å². The van der Waals surface area contributed by atoms with E-state index in [4.69, 9.17) is 16.2 Å². The van der Waals surface area contributed by atoms with Gasteiger partial charge in [0, 0.05) is 34.8 Å². The van der Waals surface area contributed by atoms with Crippen molar-refractivity contribution < 1.29 is 4.74 Å². The number of anilines is 2. The lowest BCUT2D eigenvalue weighted by Gasteiger charge is -2.20. The number of aromatic amines is 1. The highest BCUT2D eigenvalue weighted by molar-refractivity contribution is 5.87. The summed E-state index contributed by atoms with van der Waals surface area (Å²) in [6.07, 6.45) is 4.41. The zero-order valence-corrected chi connectivity index (χ0v) is 15.7. The van der Waals surface area contributed by atoms with E-state index in [0.29, 0.717) is 12.4 Å². The summed E-state index contributed by atoms with van der Waals surface area (Å²) in [6.45, 7) is 2.58. The maximum Gasteiger partial charge on any atom is 0.221 e. The molecule has 0 bridgehead atoms. The molecule has 1 unspecified atom stereocenters. The maximum absolute atomic E-state index is 6.23. The molecule has 2 aromatic carbocycles. The molecule has 5 N–H and O–H groups in total. The summed E-state index contributed by atoms with van der Waals surface area (Å²) >= 11 is 0. The quantitative estimate of drug-likeness (QED) is 0.476. The lowest BCUT2D eigenvalue weighted by atomic mass is 9.86. The van der Waals surface area contributed by atoms with Gasteiger partial charge in [-0.05, 0) is 42.7 Å². The lowest BCUT2D eigenvalue weighted by Crippen LogP contribution is -2.11. The van der Waals surface area contributed by atoms with E-state index in [-0.39, 0.29) is 11.9 Å². The predicted molar refractivity (Wildman–Crippen MR) is 112 cm³/mol. The fourth-order valence-corrected chi connectivity index (χ4v) is 3.57. The molecule has 0 aliphatic carbocycles. The van der Waals surface area contributed by atoms with Crippen LogP contribution in [0, 0.1) is 0 Å². The van der Waals surface area contributed by atoms with Gasteiger partial charge in [0.25, 0.3) is 0 Å². The van der Waals surface area contributed by atoms with Crippen molar-refractivity contribution >= 4 is 22.7 Å². The molecule has 2 aromatic heterocycles. The number of aromatic nitrogens is 3. The van der Waals surface area contributed by atoms with Gasteiger partial charge in [0.2, 0.25) is 5.95 Å². The molecule has 142 valence electrons. The number of fused-ring (bicyclic) bond motifs is 1. The summed E-state index contributed by atoms with van der Waals surface area (Å²) in [7, 11) is 0. The third-order valence-electron chi connectivity index (χ3n) is 4.88. The van der Waals surface area contributed by atoms with Crippen molar-refractivity contribution in [2.45, 2.75) is 19.3 Å². The molecule has 0 saturated carbocycles. The van der Waals surface area contributed by atoms with E-state index in [9.17, 15) is 0 Å². The molecule has 4 aromatic rings. The Balaban J connectivity index is 1.86. The van der Waals surface area contributed by atoms with E-state index in [0.717, 1.165) is 34.2 Å². The van der Waals surface area contributed by atoms with E-state index < -0.39 is 0 Å². The monoisotopic (exact) mass is 373 g/mol. The first-order chi connectivity index (χ1) is 13.7. The van der Waals surface area contributed by atoms with Crippen molar-refractivity contribution in [3.63, 3.8) is 0 Å². The van der Waals surface area contributed by atoms with Crippen molar-refractivity contribution in [1.29, 1.82) is 0 Å². The van der Waals surface area contributed by atoms with Gasteiger partial charge in [0.1, 0.15) is 11.6 Å². The number of nitrogens with zero attached hydrogens (tertiary/aromatic N) is 2. The minimum Gasteiger partial charge on any atom is -0.493 e. The fraction of sp³-hybridized carbons (Fsp3) is 0.182. The largest absolute Gasteiger partial charge is 0.493 e. The Morgan fingerprint density at radius 1 is 1.11 bits per heavy atom. The molecular weight excluding hydrogens is 350 g/mol. The molecule has 6 nitrogen and oxygen atoms in total. The van der Waals surface area contributed by atoms with Crippen molar-refractivity contribution in [1.82, 2.24) is 15.0 Å². The van der Waals surface area contributed by atoms with E-state index in [1.807, 2.05) is 37.4 Å². The third-order valence-corrected chi connectivity index (χ3v) is 4.88. The van der Waals surface area contributed by atoms with E-state index in [2.05, 4.69) is 39.2 Å². The highest BCUT2D eigenvalue weighted by Crippen LogP contribution is 2.36. The van der Waals surface area contributed by atoms with Gasteiger partial charge in [-0.15, -0.1) is 0 Å². The van der Waals surface area contributed by atoms with Gasteiger partial charge in [-0.1, -0.05) is 30.3 Å². The van der Waals surface area contributed by atoms with Crippen LogP contribution in [0.15, 0.2) is 60.9 Å². The average molecular weight is 373 g/mol. The van der Waals surface area contributed by atoms with E-state index in [1.54, 1.807) is 6.20 Å². The standard InChI is InChI=1S/C22H23N5O/c1-2-28-20-12-15(11-19-16(20)8-9-25-19)17(10-14-6-4-3-5-7-14)18-13-26-22(24)27-21(18)23/h3-9,11-13,17,25H,2,10H2,1H3,(H4,23,24,26,27). The third kappa shape index (κ3) is 3.49. The molecule has 0 fully saturated rings. The Hall–Kier alpha value is -3.54. The molecular formula is C22H23N5O. The average Bonchev–Trinajstić information content (AvgIpc) is 3.17. The molecule has 2 heterocycles. The van der Waals surface area contributed by atoms with Crippen LogP contribution in [-0.4, -0.2) is 21.6 Å². The van der Waals surface area contributed by atoms with Gasteiger partial charge in [-0.3, -0.25) is 0 Å². The first-order valence-corrected chi connectivity index (χ1v) is 9.31. The summed E-state index contributed by atoms with van der Waals surface area (Å²) in [5.74, 6) is 1.40. The lowest BCUT2D eigenvalue weighted by molar-refractivity contribution is 0.344. The van der Waals surface area contributed by atoms with Crippen molar-refractivity contribution in [3.8, 4) is 5.75 Å². The minimum atomic E-state index is -0.0325. The second-order valence-corrected chi connectivity index (χ2v) is 6.70. The van der Waals surface area contributed by atoms with Crippen molar-refractivity contribution in [2.24, 2.45) is 0 Å². The first-order valence-electron chi connectivity index (χ1n) is 9.31. The number of H-pyrrole nitrogens is 1. The highest BCUT2D eigenvalue weighted by Gasteiger charge is 2.21. The second kappa shape index (κ2) is 7.60. The number of hydrogen-bond acceptors (Lipinski definition) is 5. The van der Waals surface area contributed by atoms with E-state index >= 15 is 0 Å². The van der Waals surface area contributed by atoms with Gasteiger partial charge >= 0.3 is 0 Å². The Labute approximate surface area is 163 Å². The van der Waals surface area contributed by atoms with Crippen molar-refractivity contribution in [3.05, 3.63) is 77.6 Å². The number of nitrogens with one attached hydrogen (secondary N) is 1. The van der Waals surface area contributed by atoms with Gasteiger partial charge in [0.05, 0.1) is 6.61 Å². The maximum atomic E-state index is 6.23. The van der Waals surface area contributed by atoms with Gasteiger partial charge < -0.3 is 21.2 Å². The topological polar surface area (TPSA) is 103 Å². The first kappa shape index (κ1) is 17.9. The summed E-state index contributed by atoms with van der Waals surface area (Å²) in [6, 6.07) is 16.6. The molecule has 0 aliphatic rings. The Morgan fingerprint density at radius 2 is 1.93 bits per heavy atom. The molecule has 0 radical (unpaired) electrons. The van der Waals surface area contributed by atoms with Crippen LogP contribution < -0.4 is 16.2 Å². The smallest absolute Gasteiger partial charge is 0.221 e. The SMILES string of the molecule is CCOc1cc(C(Cc2ccccc2)c2cnc(N)nc2N)cc2[nH]ccc12. The predicted octanol–water partition coefficient (Wildman–Crippen LogP) is 3.90. The zero-order valence-electron chi connectivity index (χ0n) is 15.7. The second-order valence-electron chi connectivity index (χ2n) is 6.70. The summed E-state index contributed by atoms with van der Waals surface area (Å²) in [4.78, 5) is 11.7. The molecule has 28 heavy (non-hydrogen) atoms. The normalized spacial score (nSPS) is 12.2. The molecule has 1 atom stereocenters. The van der Waals surface area contributed by atoms with Crippen LogP contribution in [0.25, 0.3) is 10.9 Å². The van der Waals surface area contributed by atoms with E-state index in [1.165, 1.54) is 5.56 Å². The van der Waals surface area contributed by atoms with Gasteiger partial charge in [-0.25, -0.2) is 4.98 Å². The Bertz CT molecular complexity index is 1090. The zero-order chi connectivity index (χ0) is 19.5. The fourth-order valence-electron chi connectivity index (χ4n) is 3.57. The number of rotatable bonds is 6. The number of nitrogen functional groups attached to an aromatic ring is 2. The Morgan fingerprint density at radius 3 is 2.68 bits per heavy atom. The van der Waals surface area contributed by atoms with Crippen LogP contribution in [0.4, 0.5) is 11.8 Å². The van der Waals surface area contributed by atoms with Crippen LogP contribution >= 0.6 is 0 Å². The number of ether oxygens (including phenoxy) is 1. The summed E-state index contributed by atoms with van der Waals surface area (Å²) < 4.78 is 5.90. The minimum absolute atomic E-state index is 0.0325. The molecule has 0 amide bonds. The van der Waals surface area contributed by atoms with Crippen LogP contribution in [0.1, 0.15) is 29.5 Å². The molecule has 0 saturated heterocycles. The highest BCUT2D eigenvalue weighted by atomic mass is 16.5. The number of benzene rings is 2. The number of hydrogen-bond donors (Lipinski definition) is 3. The van der Waals surface area contributed by atoms with Crippen molar-refractivity contribution in [2.75, 3.05) is 18.1 Å². The molecule has 6 heteroatoms. The molecule has 4 rings (SSSR count). The Kier molecular flexibility index (Phi) is 4.85. The molecule has 0 spiro atoms. The summed E-state index contributed by atoms with van der Waals surface area (Å²) in [5, 5.41) is 1.06. The van der Waals surface area contributed by atoms with Gasteiger partial charge in [0.15, 0.2) is 0 Å². The van der Waals surface area contributed by atoms with Gasteiger partial charge in [-0.2, -0.15) is 4.98 Å². The van der Waals surface area contributed by atoms with Crippen LogP contribution in [0.3, 0.4) is 0 Å².